The van der Waals surface area contributed by atoms with E-state index in [0.29, 0.717) is 18.8 Å². The van der Waals surface area contributed by atoms with Gasteiger partial charge in [-0.15, -0.1) is 0 Å². The Balaban J connectivity index is 1.79. The zero-order chi connectivity index (χ0) is 20.1. The van der Waals surface area contributed by atoms with Crippen LogP contribution in [0.4, 0.5) is 0 Å². The van der Waals surface area contributed by atoms with Gasteiger partial charge in [-0.2, -0.15) is 5.10 Å². The van der Waals surface area contributed by atoms with Gasteiger partial charge in [0.05, 0.1) is 24.3 Å². The van der Waals surface area contributed by atoms with Crippen molar-refractivity contribution in [1.29, 1.82) is 0 Å². The molecule has 3 rings (SSSR count). The van der Waals surface area contributed by atoms with Crippen LogP contribution in [-0.4, -0.2) is 63.1 Å². The Bertz CT molecular complexity index is 909. The molecule has 0 unspecified atom stereocenters. The SMILES string of the molecule is CCc1ccc(-c2cc(C(=O)N(CCN(C)C)Cc3nc[nH]c3C)[nH]n2)cc1. The van der Waals surface area contributed by atoms with E-state index < -0.39 is 0 Å². The van der Waals surface area contributed by atoms with E-state index in [1.54, 1.807) is 11.2 Å². The molecule has 2 N–H and O–H groups in total. The van der Waals surface area contributed by atoms with Gasteiger partial charge in [0, 0.05) is 24.3 Å². The number of nitrogens with zero attached hydrogens (tertiary/aromatic N) is 4. The van der Waals surface area contributed by atoms with Crippen molar-refractivity contribution in [2.75, 3.05) is 27.2 Å². The highest BCUT2D eigenvalue weighted by Crippen LogP contribution is 2.20. The van der Waals surface area contributed by atoms with Crippen LogP contribution in [0.25, 0.3) is 11.3 Å². The summed E-state index contributed by atoms with van der Waals surface area (Å²) in [5, 5.41) is 7.26. The minimum Gasteiger partial charge on any atom is -0.348 e. The first-order chi connectivity index (χ1) is 13.5. The summed E-state index contributed by atoms with van der Waals surface area (Å²) in [5.41, 5.74) is 5.39. The molecular weight excluding hydrogens is 352 g/mol. The monoisotopic (exact) mass is 380 g/mol. The number of aromatic nitrogens is 4. The molecule has 7 heteroatoms. The van der Waals surface area contributed by atoms with E-state index in [2.05, 4.69) is 44.1 Å². The van der Waals surface area contributed by atoms with Gasteiger partial charge in [-0.3, -0.25) is 9.89 Å². The molecule has 0 aliphatic carbocycles. The van der Waals surface area contributed by atoms with Gasteiger partial charge in [0.2, 0.25) is 0 Å². The lowest BCUT2D eigenvalue weighted by atomic mass is 10.1. The first-order valence-electron chi connectivity index (χ1n) is 9.55. The summed E-state index contributed by atoms with van der Waals surface area (Å²) >= 11 is 0. The molecule has 2 aromatic heterocycles. The van der Waals surface area contributed by atoms with E-state index in [-0.39, 0.29) is 5.91 Å². The summed E-state index contributed by atoms with van der Waals surface area (Å²) in [6.45, 7) is 5.93. The normalized spacial score (nSPS) is 11.2. The zero-order valence-electron chi connectivity index (χ0n) is 17.0. The molecule has 1 amide bonds. The van der Waals surface area contributed by atoms with Crippen LogP contribution < -0.4 is 0 Å². The largest absolute Gasteiger partial charge is 0.348 e. The fourth-order valence-corrected chi connectivity index (χ4v) is 2.96. The summed E-state index contributed by atoms with van der Waals surface area (Å²) in [6.07, 6.45) is 2.66. The van der Waals surface area contributed by atoms with E-state index in [4.69, 9.17) is 0 Å². The number of H-pyrrole nitrogens is 2. The lowest BCUT2D eigenvalue weighted by molar-refractivity contribution is 0.0724. The van der Waals surface area contributed by atoms with E-state index >= 15 is 0 Å². The number of aryl methyl sites for hydroxylation is 2. The molecule has 0 fully saturated rings. The molecule has 0 radical (unpaired) electrons. The van der Waals surface area contributed by atoms with Crippen LogP contribution in [0.1, 0.15) is 34.4 Å². The Hall–Kier alpha value is -2.93. The summed E-state index contributed by atoms with van der Waals surface area (Å²) in [6, 6.07) is 10.1. The van der Waals surface area contributed by atoms with Crippen molar-refractivity contribution >= 4 is 5.91 Å². The molecule has 0 saturated carbocycles. The van der Waals surface area contributed by atoms with E-state index in [1.807, 2.05) is 39.2 Å². The maximum Gasteiger partial charge on any atom is 0.272 e. The Morgan fingerprint density at radius 3 is 2.50 bits per heavy atom. The van der Waals surface area contributed by atoms with Crippen molar-refractivity contribution in [2.45, 2.75) is 26.8 Å². The number of aromatic amines is 2. The third-order valence-electron chi connectivity index (χ3n) is 4.85. The summed E-state index contributed by atoms with van der Waals surface area (Å²) in [4.78, 5) is 24.4. The Kier molecular flexibility index (Phi) is 6.26. The Morgan fingerprint density at radius 1 is 1.14 bits per heavy atom. The van der Waals surface area contributed by atoms with Crippen LogP contribution in [-0.2, 0) is 13.0 Å². The van der Waals surface area contributed by atoms with Crippen LogP contribution in [0, 0.1) is 6.92 Å². The van der Waals surface area contributed by atoms with Gasteiger partial charge in [0.1, 0.15) is 5.69 Å². The number of benzene rings is 1. The van der Waals surface area contributed by atoms with Gasteiger partial charge in [-0.1, -0.05) is 31.2 Å². The molecule has 148 valence electrons. The molecule has 0 bridgehead atoms. The van der Waals surface area contributed by atoms with Gasteiger partial charge >= 0.3 is 0 Å². The number of rotatable bonds is 8. The first kappa shape index (κ1) is 19.8. The summed E-state index contributed by atoms with van der Waals surface area (Å²) in [5.74, 6) is -0.0758. The smallest absolute Gasteiger partial charge is 0.272 e. The predicted octanol–water partition coefficient (Wildman–Crippen LogP) is 2.87. The van der Waals surface area contributed by atoms with Gasteiger partial charge in [0.15, 0.2) is 0 Å². The van der Waals surface area contributed by atoms with Gasteiger partial charge in [-0.25, -0.2) is 4.98 Å². The highest BCUT2D eigenvalue weighted by molar-refractivity contribution is 5.93. The molecule has 0 atom stereocenters. The molecule has 0 spiro atoms. The van der Waals surface area contributed by atoms with E-state index in [0.717, 1.165) is 35.6 Å². The third kappa shape index (κ3) is 4.67. The molecule has 28 heavy (non-hydrogen) atoms. The van der Waals surface area contributed by atoms with E-state index in [9.17, 15) is 4.79 Å². The number of likely N-dealkylation sites (N-methyl/N-ethyl adjacent to an activating group) is 1. The minimum absolute atomic E-state index is 0.0758. The molecule has 0 saturated heterocycles. The zero-order valence-corrected chi connectivity index (χ0v) is 17.0. The van der Waals surface area contributed by atoms with Crippen molar-refractivity contribution in [1.82, 2.24) is 30.0 Å². The number of amides is 1. The van der Waals surface area contributed by atoms with Crippen LogP contribution in [0.5, 0.6) is 0 Å². The van der Waals surface area contributed by atoms with Crippen LogP contribution in [0.15, 0.2) is 36.7 Å². The maximum absolute atomic E-state index is 13.1. The number of hydrogen-bond donors (Lipinski definition) is 2. The Morgan fingerprint density at radius 2 is 1.89 bits per heavy atom. The second-order valence-electron chi connectivity index (χ2n) is 7.22. The third-order valence-corrected chi connectivity index (χ3v) is 4.85. The molecule has 0 aliphatic heterocycles. The highest BCUT2D eigenvalue weighted by Gasteiger charge is 2.20. The Labute approximate surface area is 165 Å². The standard InChI is InChI=1S/C21H28N6O/c1-5-16-6-8-17(9-7-16)18-12-19(25-24-18)21(28)27(11-10-26(3)4)13-20-15(2)22-14-23-20/h6-9,12,14H,5,10-11,13H2,1-4H3,(H,22,23)(H,24,25). The summed E-state index contributed by atoms with van der Waals surface area (Å²) < 4.78 is 0. The fraction of sp³-hybridized carbons (Fsp3) is 0.381. The number of carbonyl (C=O) groups is 1. The first-order valence-corrected chi connectivity index (χ1v) is 9.55. The van der Waals surface area contributed by atoms with Crippen molar-refractivity contribution in [3.8, 4) is 11.3 Å². The average Bonchev–Trinajstić information content (AvgIpc) is 3.34. The second kappa shape index (κ2) is 8.84. The van der Waals surface area contributed by atoms with Crippen molar-refractivity contribution < 1.29 is 4.79 Å². The molecule has 7 nitrogen and oxygen atoms in total. The predicted molar refractivity (Wildman–Crippen MR) is 110 cm³/mol. The molecule has 1 aromatic carbocycles. The number of carbonyl (C=O) groups excluding carboxylic acids is 1. The van der Waals surface area contributed by atoms with Gasteiger partial charge in [-0.05, 0) is 39.1 Å². The quantitative estimate of drug-likeness (QED) is 0.630. The summed E-state index contributed by atoms with van der Waals surface area (Å²) in [7, 11) is 3.99. The lowest BCUT2D eigenvalue weighted by Crippen LogP contribution is -2.36. The second-order valence-corrected chi connectivity index (χ2v) is 7.22. The highest BCUT2D eigenvalue weighted by atomic mass is 16.2. The average molecular weight is 380 g/mol. The molecular formula is C21H28N6O. The van der Waals surface area contributed by atoms with Gasteiger partial charge in [0.25, 0.3) is 5.91 Å². The topological polar surface area (TPSA) is 80.9 Å². The minimum atomic E-state index is -0.0758. The lowest BCUT2D eigenvalue weighted by Gasteiger charge is -2.23. The number of nitrogens with one attached hydrogen (secondary N) is 2. The fourth-order valence-electron chi connectivity index (χ4n) is 2.96. The van der Waals surface area contributed by atoms with Crippen molar-refractivity contribution in [2.24, 2.45) is 0 Å². The number of imidazole rings is 1. The van der Waals surface area contributed by atoms with Gasteiger partial charge < -0.3 is 14.8 Å². The van der Waals surface area contributed by atoms with Crippen molar-refractivity contribution in [3.05, 3.63) is 59.3 Å². The molecule has 2 heterocycles. The van der Waals surface area contributed by atoms with Crippen molar-refractivity contribution in [3.63, 3.8) is 0 Å². The van der Waals surface area contributed by atoms with Crippen LogP contribution in [0.3, 0.4) is 0 Å². The van der Waals surface area contributed by atoms with E-state index in [1.165, 1.54) is 5.56 Å². The molecule has 0 aliphatic rings. The van der Waals surface area contributed by atoms with Crippen LogP contribution in [0.2, 0.25) is 0 Å². The maximum atomic E-state index is 13.1. The molecule has 3 aromatic rings. The number of hydrogen-bond acceptors (Lipinski definition) is 4. The van der Waals surface area contributed by atoms with Crippen LogP contribution >= 0.6 is 0 Å².